The summed E-state index contributed by atoms with van der Waals surface area (Å²) in [5.74, 6) is 0. The van der Waals surface area contributed by atoms with Gasteiger partial charge in [0.25, 0.3) is 0 Å². The summed E-state index contributed by atoms with van der Waals surface area (Å²) < 4.78 is 0. The third kappa shape index (κ3) is 9.02. The minimum Gasteiger partial charge on any atom is -0.311 e. The van der Waals surface area contributed by atoms with Crippen molar-refractivity contribution in [3.63, 3.8) is 0 Å². The lowest BCUT2D eigenvalue weighted by molar-refractivity contribution is 1.28. The van der Waals surface area contributed by atoms with E-state index in [0.29, 0.717) is 0 Å². The van der Waals surface area contributed by atoms with Gasteiger partial charge in [-0.3, -0.25) is 0 Å². The molecule has 0 aliphatic carbocycles. The first-order valence-corrected chi connectivity index (χ1v) is 19.0. The van der Waals surface area contributed by atoms with Crippen molar-refractivity contribution in [3.05, 3.63) is 252 Å². The van der Waals surface area contributed by atoms with Crippen molar-refractivity contribution in [2.45, 2.75) is 0 Å². The number of para-hydroxylation sites is 2. The van der Waals surface area contributed by atoms with E-state index in [-0.39, 0.29) is 0 Å². The third-order valence-electron chi connectivity index (χ3n) is 9.64. The molecule has 0 unspecified atom stereocenters. The Morgan fingerprint density at radius 3 is 0.589 bits per heavy atom. The molecule has 0 atom stereocenters. The Balaban J connectivity index is 0.982. The molecule has 0 saturated heterocycles. The Kier molecular flexibility index (Phi) is 11.2. The molecule has 0 bridgehead atoms. The van der Waals surface area contributed by atoms with Gasteiger partial charge in [0.15, 0.2) is 0 Å². The Bertz CT molecular complexity index is 2320. The minimum absolute atomic E-state index is 1.10. The lowest BCUT2D eigenvalue weighted by Gasteiger charge is -2.25. The van der Waals surface area contributed by atoms with Gasteiger partial charge in [-0.2, -0.15) is 0 Å². The highest BCUT2D eigenvalue weighted by molar-refractivity contribution is 5.81. The Morgan fingerprint density at radius 1 is 0.179 bits per heavy atom. The predicted molar refractivity (Wildman–Crippen MR) is 242 cm³/mol. The lowest BCUT2D eigenvalue weighted by atomic mass is 10.1. The highest BCUT2D eigenvalue weighted by Gasteiger charge is 2.13. The van der Waals surface area contributed by atoms with Crippen molar-refractivity contribution in [1.82, 2.24) is 0 Å². The molecule has 0 aliphatic heterocycles. The van der Waals surface area contributed by atoms with Crippen LogP contribution in [-0.2, 0) is 0 Å². The number of rotatable bonds is 12. The molecule has 0 fully saturated rings. The van der Waals surface area contributed by atoms with Crippen LogP contribution in [0.3, 0.4) is 0 Å². The van der Waals surface area contributed by atoms with E-state index < -0.39 is 0 Å². The molecular formula is C54H42N2. The first-order chi connectivity index (χ1) is 27.7. The van der Waals surface area contributed by atoms with Crippen LogP contribution >= 0.6 is 0 Å². The zero-order valence-electron chi connectivity index (χ0n) is 31.1. The van der Waals surface area contributed by atoms with Gasteiger partial charge in [0.1, 0.15) is 0 Å². The second-order valence-electron chi connectivity index (χ2n) is 13.5. The molecule has 8 rings (SSSR count). The molecular weight excluding hydrogens is 677 g/mol. The van der Waals surface area contributed by atoms with Crippen LogP contribution in [0.25, 0.3) is 36.5 Å². The maximum absolute atomic E-state index is 2.30. The van der Waals surface area contributed by atoms with Crippen molar-refractivity contribution in [2.75, 3.05) is 9.80 Å². The summed E-state index contributed by atoms with van der Waals surface area (Å²) in [6.45, 7) is 0. The summed E-state index contributed by atoms with van der Waals surface area (Å²) in [5, 5.41) is 0. The zero-order valence-corrected chi connectivity index (χ0v) is 31.1. The standard InChI is InChI=1S/C54H42N2/c1-5-13-43(14-6-1)21-23-45-27-35-51(36-28-45)55(49-17-9-3-10-18-49)53-39-31-47(32-40-53)25-26-48-33-41-54(42-34-48)56(50-19-11-4-12-20-50)52-37-29-46(30-38-52)24-22-44-15-7-2-8-16-44/h1-42H/b23-21+,24-22+,26-25+. The van der Waals surface area contributed by atoms with Crippen LogP contribution in [0.5, 0.6) is 0 Å². The summed E-state index contributed by atoms with van der Waals surface area (Å²) in [4.78, 5) is 4.59. The van der Waals surface area contributed by atoms with Gasteiger partial charge in [-0.25, -0.2) is 0 Å². The van der Waals surface area contributed by atoms with Gasteiger partial charge in [-0.1, -0.05) is 182 Å². The van der Waals surface area contributed by atoms with Crippen LogP contribution in [0.15, 0.2) is 218 Å². The van der Waals surface area contributed by atoms with Crippen molar-refractivity contribution < 1.29 is 0 Å². The molecule has 0 aromatic heterocycles. The number of hydrogen-bond acceptors (Lipinski definition) is 2. The first-order valence-electron chi connectivity index (χ1n) is 19.0. The van der Waals surface area contributed by atoms with Gasteiger partial charge >= 0.3 is 0 Å². The normalized spacial score (nSPS) is 11.4. The Labute approximate surface area is 330 Å². The van der Waals surface area contributed by atoms with E-state index in [4.69, 9.17) is 0 Å². The van der Waals surface area contributed by atoms with Gasteiger partial charge in [-0.15, -0.1) is 0 Å². The smallest absolute Gasteiger partial charge is 0.0462 e. The molecule has 0 N–H and O–H groups in total. The van der Waals surface area contributed by atoms with Crippen molar-refractivity contribution in [1.29, 1.82) is 0 Å². The van der Waals surface area contributed by atoms with Crippen molar-refractivity contribution >= 4 is 70.6 Å². The molecule has 2 nitrogen and oxygen atoms in total. The molecule has 0 saturated carbocycles. The van der Waals surface area contributed by atoms with Crippen molar-refractivity contribution in [3.8, 4) is 0 Å². The second-order valence-corrected chi connectivity index (χ2v) is 13.5. The molecule has 8 aromatic rings. The van der Waals surface area contributed by atoms with E-state index in [0.717, 1.165) is 56.4 Å². The van der Waals surface area contributed by atoms with Crippen LogP contribution in [0, 0.1) is 0 Å². The summed E-state index contributed by atoms with van der Waals surface area (Å²) in [6.07, 6.45) is 13.0. The Morgan fingerprint density at radius 2 is 0.357 bits per heavy atom. The number of benzene rings is 8. The molecule has 0 radical (unpaired) electrons. The van der Waals surface area contributed by atoms with Crippen LogP contribution in [0.4, 0.5) is 34.1 Å². The molecule has 56 heavy (non-hydrogen) atoms. The van der Waals surface area contributed by atoms with Gasteiger partial charge in [0.05, 0.1) is 0 Å². The average molecular weight is 719 g/mol. The third-order valence-corrected chi connectivity index (χ3v) is 9.64. The Hall–Kier alpha value is -7.42. The predicted octanol–water partition coefficient (Wildman–Crippen LogP) is 15.1. The summed E-state index contributed by atoms with van der Waals surface area (Å²) in [7, 11) is 0. The second kappa shape index (κ2) is 17.6. The highest BCUT2D eigenvalue weighted by atomic mass is 15.1. The quantitative estimate of drug-likeness (QED) is 0.116. The molecule has 2 heteroatoms. The minimum atomic E-state index is 1.10. The van der Waals surface area contributed by atoms with Gasteiger partial charge in [0.2, 0.25) is 0 Å². The van der Waals surface area contributed by atoms with Gasteiger partial charge in [-0.05, 0) is 106 Å². The monoisotopic (exact) mass is 718 g/mol. The first kappa shape index (κ1) is 35.6. The van der Waals surface area contributed by atoms with Gasteiger partial charge in [0, 0.05) is 34.1 Å². The maximum atomic E-state index is 2.30. The van der Waals surface area contributed by atoms with Crippen LogP contribution in [0.1, 0.15) is 33.4 Å². The zero-order chi connectivity index (χ0) is 37.8. The topological polar surface area (TPSA) is 6.48 Å². The molecule has 0 amide bonds. The summed E-state index contributed by atoms with van der Waals surface area (Å²) in [6, 6.07) is 76.8. The van der Waals surface area contributed by atoms with Crippen molar-refractivity contribution in [2.24, 2.45) is 0 Å². The fourth-order valence-electron chi connectivity index (χ4n) is 6.69. The highest BCUT2D eigenvalue weighted by Crippen LogP contribution is 2.36. The van der Waals surface area contributed by atoms with E-state index in [9.17, 15) is 0 Å². The maximum Gasteiger partial charge on any atom is 0.0462 e. The largest absolute Gasteiger partial charge is 0.311 e. The van der Waals surface area contributed by atoms with E-state index in [1.807, 2.05) is 12.1 Å². The number of nitrogens with zero attached hydrogens (tertiary/aromatic N) is 2. The van der Waals surface area contributed by atoms with Crippen LogP contribution in [-0.4, -0.2) is 0 Å². The average Bonchev–Trinajstić information content (AvgIpc) is 3.28. The summed E-state index contributed by atoms with van der Waals surface area (Å²) in [5.41, 5.74) is 13.6. The fraction of sp³-hybridized carbons (Fsp3) is 0. The number of hydrogen-bond donors (Lipinski definition) is 0. The fourth-order valence-corrected chi connectivity index (χ4v) is 6.69. The number of anilines is 6. The molecule has 268 valence electrons. The SMILES string of the molecule is C(=C\c1ccc(N(c2ccccc2)c2ccc(/C=C/c3ccc(N(c4ccccc4)c4ccc(/C=C/c5ccccc5)cc4)cc3)cc2)cc1)/c1ccccc1. The lowest BCUT2D eigenvalue weighted by Crippen LogP contribution is -2.09. The molecule has 0 heterocycles. The molecule has 0 aliphatic rings. The molecule has 8 aromatic carbocycles. The van der Waals surface area contributed by atoms with E-state index in [2.05, 4.69) is 253 Å². The van der Waals surface area contributed by atoms with E-state index >= 15 is 0 Å². The van der Waals surface area contributed by atoms with E-state index in [1.54, 1.807) is 0 Å². The van der Waals surface area contributed by atoms with E-state index in [1.165, 1.54) is 11.1 Å². The van der Waals surface area contributed by atoms with Gasteiger partial charge < -0.3 is 9.80 Å². The van der Waals surface area contributed by atoms with Crippen LogP contribution in [0.2, 0.25) is 0 Å². The summed E-state index contributed by atoms with van der Waals surface area (Å²) >= 11 is 0. The molecule has 0 spiro atoms. The van der Waals surface area contributed by atoms with Crippen LogP contribution < -0.4 is 9.80 Å².